The summed E-state index contributed by atoms with van der Waals surface area (Å²) in [7, 11) is 0. The Morgan fingerprint density at radius 2 is 1.38 bits per heavy atom. The Morgan fingerprint density at radius 3 is 2.19 bits per heavy atom. The molecule has 0 radical (unpaired) electrons. The van der Waals surface area contributed by atoms with Gasteiger partial charge in [0, 0.05) is 5.41 Å². The highest BCUT2D eigenvalue weighted by molar-refractivity contribution is 6.02. The fourth-order valence-corrected chi connectivity index (χ4v) is 4.43. The molecule has 0 atom stereocenters. The molecule has 0 heterocycles. The lowest BCUT2D eigenvalue weighted by atomic mass is 9.81. The molecule has 0 spiro atoms. The van der Waals surface area contributed by atoms with Crippen LogP contribution >= 0.6 is 0 Å². The highest BCUT2D eigenvalue weighted by atomic mass is 14.4. The average Bonchev–Trinajstić information content (AvgIpc) is 2.90. The van der Waals surface area contributed by atoms with Crippen molar-refractivity contribution in [2.45, 2.75) is 26.2 Å². The maximum absolute atomic E-state index is 2.40. The van der Waals surface area contributed by atoms with E-state index in [9.17, 15) is 0 Å². The number of hydrogen-bond acceptors (Lipinski definition) is 0. The second-order valence-electron chi connectivity index (χ2n) is 7.96. The molecule has 0 aromatic heterocycles. The zero-order valence-electron chi connectivity index (χ0n) is 15.5. The summed E-state index contributed by atoms with van der Waals surface area (Å²) < 4.78 is 0. The zero-order chi connectivity index (χ0) is 17.9. The third kappa shape index (κ3) is 2.08. The molecular weight excluding hydrogens is 312 g/mol. The van der Waals surface area contributed by atoms with Crippen molar-refractivity contribution in [3.05, 3.63) is 95.6 Å². The zero-order valence-corrected chi connectivity index (χ0v) is 15.5. The van der Waals surface area contributed by atoms with Crippen molar-refractivity contribution in [1.29, 1.82) is 0 Å². The topological polar surface area (TPSA) is 0 Å². The molecule has 0 heteroatoms. The monoisotopic (exact) mass is 334 g/mol. The van der Waals surface area contributed by atoms with E-state index in [4.69, 9.17) is 0 Å². The van der Waals surface area contributed by atoms with Gasteiger partial charge >= 0.3 is 0 Å². The van der Waals surface area contributed by atoms with Crippen LogP contribution in [0.25, 0.3) is 33.0 Å². The normalized spacial score (nSPS) is 14.3. The molecule has 126 valence electrons. The molecule has 0 nitrogen and oxygen atoms in total. The summed E-state index contributed by atoms with van der Waals surface area (Å²) in [5, 5.41) is 2.68. The second kappa shape index (κ2) is 5.32. The van der Waals surface area contributed by atoms with E-state index >= 15 is 0 Å². The first-order chi connectivity index (χ1) is 12.6. The predicted octanol–water partition coefficient (Wildman–Crippen LogP) is 7.12. The van der Waals surface area contributed by atoms with Crippen molar-refractivity contribution in [2.75, 3.05) is 0 Å². The van der Waals surface area contributed by atoms with Crippen LogP contribution < -0.4 is 0 Å². The van der Waals surface area contributed by atoms with Crippen LogP contribution in [0.1, 0.15) is 30.5 Å². The van der Waals surface area contributed by atoms with Crippen LogP contribution in [0.2, 0.25) is 0 Å². The van der Waals surface area contributed by atoms with Crippen molar-refractivity contribution in [1.82, 2.24) is 0 Å². The van der Waals surface area contributed by atoms with Crippen molar-refractivity contribution < 1.29 is 0 Å². The average molecular weight is 334 g/mol. The van der Waals surface area contributed by atoms with Gasteiger partial charge in [0.15, 0.2) is 0 Å². The summed E-state index contributed by atoms with van der Waals surface area (Å²) in [5.41, 5.74) is 9.58. The Kier molecular flexibility index (Phi) is 3.15. The minimum absolute atomic E-state index is 0.0232. The minimum atomic E-state index is 0.0232. The molecule has 0 unspecified atom stereocenters. The number of benzene rings is 4. The van der Waals surface area contributed by atoms with Crippen LogP contribution in [0, 0.1) is 6.92 Å². The molecule has 1 aliphatic carbocycles. The van der Waals surface area contributed by atoms with E-state index in [1.54, 1.807) is 0 Å². The van der Waals surface area contributed by atoms with Gasteiger partial charge in [0.1, 0.15) is 0 Å². The van der Waals surface area contributed by atoms with E-state index in [2.05, 4.69) is 99.6 Å². The van der Waals surface area contributed by atoms with Crippen LogP contribution in [0.4, 0.5) is 0 Å². The Hall–Kier alpha value is -2.86. The van der Waals surface area contributed by atoms with Gasteiger partial charge in [0.25, 0.3) is 0 Å². The number of hydrogen-bond donors (Lipinski definition) is 0. The summed E-state index contributed by atoms with van der Waals surface area (Å²) in [5.74, 6) is 0. The Morgan fingerprint density at radius 1 is 0.654 bits per heavy atom. The molecule has 5 rings (SSSR count). The summed E-state index contributed by atoms with van der Waals surface area (Å²) in [6, 6.07) is 29.1. The van der Waals surface area contributed by atoms with Gasteiger partial charge < -0.3 is 0 Å². The van der Waals surface area contributed by atoms with Gasteiger partial charge in [0.2, 0.25) is 0 Å². The Bertz CT molecular complexity index is 1140. The summed E-state index contributed by atoms with van der Waals surface area (Å²) in [4.78, 5) is 0. The molecule has 0 bridgehead atoms. The first kappa shape index (κ1) is 15.4. The molecule has 0 saturated heterocycles. The van der Waals surface area contributed by atoms with Gasteiger partial charge in [-0.15, -0.1) is 0 Å². The van der Waals surface area contributed by atoms with Gasteiger partial charge in [-0.25, -0.2) is 0 Å². The Labute approximate surface area is 155 Å². The van der Waals surface area contributed by atoms with E-state index in [0.717, 1.165) is 0 Å². The van der Waals surface area contributed by atoms with Crippen LogP contribution in [0.15, 0.2) is 78.9 Å². The van der Waals surface area contributed by atoms with Crippen LogP contribution in [-0.4, -0.2) is 0 Å². The quantitative estimate of drug-likeness (QED) is 0.347. The Balaban J connectivity index is 1.77. The molecule has 0 aliphatic heterocycles. The molecule has 0 fully saturated rings. The standard InChI is InChI=1S/C26H22/c1-17-8-10-18(11-9-17)20-12-14-22-24(16-20)26(2,3)23-15-13-19-6-4-5-7-21(19)25(22)23/h4-16H,1-3H3. The molecule has 4 aromatic carbocycles. The van der Waals surface area contributed by atoms with E-state index in [1.165, 1.54) is 49.7 Å². The first-order valence-corrected chi connectivity index (χ1v) is 9.30. The van der Waals surface area contributed by atoms with Crippen LogP contribution in [-0.2, 0) is 5.41 Å². The third-order valence-electron chi connectivity index (χ3n) is 5.95. The number of rotatable bonds is 1. The maximum Gasteiger partial charge on any atom is 0.0159 e. The second-order valence-corrected chi connectivity index (χ2v) is 7.96. The highest BCUT2D eigenvalue weighted by Gasteiger charge is 2.36. The molecule has 4 aromatic rings. The SMILES string of the molecule is Cc1ccc(-c2ccc3c(c2)C(C)(C)c2ccc4ccccc4c2-3)cc1. The molecule has 1 aliphatic rings. The first-order valence-electron chi connectivity index (χ1n) is 9.30. The fraction of sp³-hybridized carbons (Fsp3) is 0.154. The predicted molar refractivity (Wildman–Crippen MR) is 112 cm³/mol. The minimum Gasteiger partial charge on any atom is -0.0616 e. The smallest absolute Gasteiger partial charge is 0.0159 e. The summed E-state index contributed by atoms with van der Waals surface area (Å²) in [6.07, 6.45) is 0. The fourth-order valence-electron chi connectivity index (χ4n) is 4.43. The van der Waals surface area contributed by atoms with Gasteiger partial charge in [0.05, 0.1) is 0 Å². The van der Waals surface area contributed by atoms with E-state index in [0.29, 0.717) is 0 Å². The van der Waals surface area contributed by atoms with Gasteiger partial charge in [-0.1, -0.05) is 92.2 Å². The highest BCUT2D eigenvalue weighted by Crippen LogP contribution is 2.51. The summed E-state index contributed by atoms with van der Waals surface area (Å²) >= 11 is 0. The largest absolute Gasteiger partial charge is 0.0616 e. The molecular formula is C26H22. The van der Waals surface area contributed by atoms with E-state index in [-0.39, 0.29) is 5.41 Å². The number of aryl methyl sites for hydroxylation is 1. The van der Waals surface area contributed by atoms with Crippen LogP contribution in [0.5, 0.6) is 0 Å². The maximum atomic E-state index is 2.40. The van der Waals surface area contributed by atoms with E-state index in [1.807, 2.05) is 0 Å². The third-order valence-corrected chi connectivity index (χ3v) is 5.95. The van der Waals surface area contributed by atoms with Crippen molar-refractivity contribution in [3.8, 4) is 22.3 Å². The lowest BCUT2D eigenvalue weighted by molar-refractivity contribution is 0.661. The van der Waals surface area contributed by atoms with Gasteiger partial charge in [-0.3, -0.25) is 0 Å². The van der Waals surface area contributed by atoms with Crippen LogP contribution in [0.3, 0.4) is 0 Å². The number of fused-ring (bicyclic) bond motifs is 5. The van der Waals surface area contributed by atoms with Gasteiger partial charge in [-0.05, 0) is 57.1 Å². The molecule has 26 heavy (non-hydrogen) atoms. The molecule has 0 amide bonds. The van der Waals surface area contributed by atoms with Crippen molar-refractivity contribution >= 4 is 10.8 Å². The molecule has 0 saturated carbocycles. The lowest BCUT2D eigenvalue weighted by Crippen LogP contribution is -2.15. The van der Waals surface area contributed by atoms with E-state index < -0.39 is 0 Å². The summed E-state index contributed by atoms with van der Waals surface area (Å²) in [6.45, 7) is 6.84. The van der Waals surface area contributed by atoms with Gasteiger partial charge in [-0.2, -0.15) is 0 Å². The van der Waals surface area contributed by atoms with Crippen molar-refractivity contribution in [2.24, 2.45) is 0 Å². The lowest BCUT2D eigenvalue weighted by Gasteiger charge is -2.22. The molecule has 0 N–H and O–H groups in total. The van der Waals surface area contributed by atoms with Crippen molar-refractivity contribution in [3.63, 3.8) is 0 Å².